The minimum absolute atomic E-state index is 0.636. The van der Waals surface area contributed by atoms with E-state index in [1.165, 1.54) is 11.8 Å². The van der Waals surface area contributed by atoms with Crippen molar-refractivity contribution in [1.82, 2.24) is 19.9 Å². The van der Waals surface area contributed by atoms with Gasteiger partial charge in [-0.3, -0.25) is 4.98 Å². The van der Waals surface area contributed by atoms with Crippen LogP contribution in [0.25, 0.3) is 0 Å². The monoisotopic (exact) mass is 233 g/mol. The van der Waals surface area contributed by atoms with Crippen LogP contribution in [0.4, 0.5) is 5.95 Å². The van der Waals surface area contributed by atoms with Crippen molar-refractivity contribution in [2.45, 2.75) is 17.0 Å². The lowest BCUT2D eigenvalue weighted by Crippen LogP contribution is -2.01. The molecule has 0 radical (unpaired) electrons. The van der Waals surface area contributed by atoms with Gasteiger partial charge in [-0.2, -0.15) is 0 Å². The van der Waals surface area contributed by atoms with Crippen molar-refractivity contribution in [2.75, 3.05) is 11.9 Å². The molecular formula is C10H11N5S. The molecule has 0 bridgehead atoms. The summed E-state index contributed by atoms with van der Waals surface area (Å²) in [5.41, 5.74) is 0. The van der Waals surface area contributed by atoms with Gasteiger partial charge in [-0.1, -0.05) is 0 Å². The van der Waals surface area contributed by atoms with Crippen molar-refractivity contribution in [3.63, 3.8) is 0 Å². The van der Waals surface area contributed by atoms with Crippen LogP contribution in [0.1, 0.15) is 6.92 Å². The van der Waals surface area contributed by atoms with E-state index in [9.17, 15) is 0 Å². The summed E-state index contributed by atoms with van der Waals surface area (Å²) >= 11 is 1.46. The number of rotatable bonds is 4. The Morgan fingerprint density at radius 3 is 2.88 bits per heavy atom. The first-order valence-electron chi connectivity index (χ1n) is 4.89. The predicted molar refractivity (Wildman–Crippen MR) is 62.4 cm³/mol. The van der Waals surface area contributed by atoms with Crippen LogP contribution in [0.5, 0.6) is 0 Å². The standard InChI is InChI=1S/C10H11N5S/c1-2-12-10-14-4-3-8(15-10)16-9-7-11-5-6-13-9/h3-7H,2H2,1H3,(H,12,14,15). The minimum atomic E-state index is 0.636. The molecule has 0 aromatic carbocycles. The first-order chi connectivity index (χ1) is 7.88. The molecule has 0 saturated carbocycles. The number of hydrogen-bond acceptors (Lipinski definition) is 6. The summed E-state index contributed by atoms with van der Waals surface area (Å²) in [6.07, 6.45) is 6.74. The Bertz CT molecular complexity index is 448. The average Bonchev–Trinajstić information content (AvgIpc) is 2.31. The smallest absolute Gasteiger partial charge is 0.223 e. The molecule has 0 aliphatic rings. The molecule has 0 atom stereocenters. The van der Waals surface area contributed by atoms with Crippen LogP contribution in [-0.4, -0.2) is 26.5 Å². The van der Waals surface area contributed by atoms with Crippen LogP contribution in [0.15, 0.2) is 40.9 Å². The maximum absolute atomic E-state index is 4.33. The molecule has 2 heterocycles. The van der Waals surface area contributed by atoms with Gasteiger partial charge in [0, 0.05) is 25.1 Å². The van der Waals surface area contributed by atoms with Crippen molar-refractivity contribution >= 4 is 17.7 Å². The largest absolute Gasteiger partial charge is 0.354 e. The number of nitrogens with zero attached hydrogens (tertiary/aromatic N) is 4. The SMILES string of the molecule is CCNc1nccc(Sc2cnccn2)n1. The number of anilines is 1. The molecule has 1 N–H and O–H groups in total. The Labute approximate surface area is 97.8 Å². The molecule has 2 aromatic heterocycles. The summed E-state index contributed by atoms with van der Waals surface area (Å²) in [5, 5.41) is 4.74. The highest BCUT2D eigenvalue weighted by molar-refractivity contribution is 7.99. The van der Waals surface area contributed by atoms with Gasteiger partial charge in [0.15, 0.2) is 0 Å². The van der Waals surface area contributed by atoms with E-state index in [0.717, 1.165) is 16.6 Å². The fourth-order valence-electron chi connectivity index (χ4n) is 1.09. The van der Waals surface area contributed by atoms with Crippen LogP contribution in [0.2, 0.25) is 0 Å². The normalized spacial score (nSPS) is 10.1. The molecule has 82 valence electrons. The Balaban J connectivity index is 2.12. The number of nitrogens with one attached hydrogen (secondary N) is 1. The van der Waals surface area contributed by atoms with E-state index < -0.39 is 0 Å². The van der Waals surface area contributed by atoms with Gasteiger partial charge in [-0.05, 0) is 24.8 Å². The van der Waals surface area contributed by atoms with Gasteiger partial charge in [0.05, 0.1) is 6.20 Å². The zero-order chi connectivity index (χ0) is 11.2. The highest BCUT2D eigenvalue weighted by atomic mass is 32.2. The summed E-state index contributed by atoms with van der Waals surface area (Å²) in [7, 11) is 0. The molecule has 5 nitrogen and oxygen atoms in total. The van der Waals surface area contributed by atoms with E-state index in [2.05, 4.69) is 25.3 Å². The molecule has 0 amide bonds. The topological polar surface area (TPSA) is 63.6 Å². The van der Waals surface area contributed by atoms with E-state index in [4.69, 9.17) is 0 Å². The molecular weight excluding hydrogens is 222 g/mol. The third kappa shape index (κ3) is 2.90. The molecule has 2 rings (SSSR count). The molecule has 0 aliphatic heterocycles. The Hall–Kier alpha value is -1.69. The van der Waals surface area contributed by atoms with Crippen LogP contribution in [-0.2, 0) is 0 Å². The van der Waals surface area contributed by atoms with Gasteiger partial charge in [0.2, 0.25) is 5.95 Å². The van der Waals surface area contributed by atoms with Gasteiger partial charge in [-0.15, -0.1) is 0 Å². The molecule has 0 aliphatic carbocycles. The van der Waals surface area contributed by atoms with Crippen LogP contribution < -0.4 is 5.32 Å². The van der Waals surface area contributed by atoms with Crippen molar-refractivity contribution in [3.05, 3.63) is 30.9 Å². The first-order valence-corrected chi connectivity index (χ1v) is 5.71. The second kappa shape index (κ2) is 5.41. The summed E-state index contributed by atoms with van der Waals surface area (Å²) < 4.78 is 0. The summed E-state index contributed by atoms with van der Waals surface area (Å²) in [5.74, 6) is 0.636. The highest BCUT2D eigenvalue weighted by Crippen LogP contribution is 2.23. The van der Waals surface area contributed by atoms with Crippen molar-refractivity contribution in [3.8, 4) is 0 Å². The number of aromatic nitrogens is 4. The third-order valence-corrected chi connectivity index (χ3v) is 2.57. The maximum atomic E-state index is 4.33. The van der Waals surface area contributed by atoms with Crippen molar-refractivity contribution < 1.29 is 0 Å². The van der Waals surface area contributed by atoms with Crippen LogP contribution in [0.3, 0.4) is 0 Å². The third-order valence-electron chi connectivity index (χ3n) is 1.71. The molecule has 0 spiro atoms. The van der Waals surface area contributed by atoms with E-state index >= 15 is 0 Å². The predicted octanol–water partition coefficient (Wildman–Crippen LogP) is 1.85. The first kappa shape index (κ1) is 10.8. The van der Waals surface area contributed by atoms with E-state index in [1.54, 1.807) is 24.8 Å². The number of hydrogen-bond donors (Lipinski definition) is 1. The summed E-state index contributed by atoms with van der Waals surface area (Å²) in [4.78, 5) is 16.6. The fraction of sp³-hybridized carbons (Fsp3) is 0.200. The minimum Gasteiger partial charge on any atom is -0.354 e. The van der Waals surface area contributed by atoms with Crippen molar-refractivity contribution in [2.24, 2.45) is 0 Å². The molecule has 6 heteroatoms. The second-order valence-corrected chi connectivity index (χ2v) is 3.94. The van der Waals surface area contributed by atoms with Gasteiger partial charge in [0.1, 0.15) is 10.1 Å². The quantitative estimate of drug-likeness (QED) is 0.813. The van der Waals surface area contributed by atoms with E-state index in [0.29, 0.717) is 5.95 Å². The van der Waals surface area contributed by atoms with E-state index in [-0.39, 0.29) is 0 Å². The molecule has 0 unspecified atom stereocenters. The highest BCUT2D eigenvalue weighted by Gasteiger charge is 2.01. The Morgan fingerprint density at radius 2 is 2.12 bits per heavy atom. The summed E-state index contributed by atoms with van der Waals surface area (Å²) in [6, 6.07) is 1.85. The molecule has 16 heavy (non-hydrogen) atoms. The van der Waals surface area contributed by atoms with E-state index in [1.807, 2.05) is 13.0 Å². The molecule has 0 fully saturated rings. The van der Waals surface area contributed by atoms with Gasteiger partial charge in [0.25, 0.3) is 0 Å². The van der Waals surface area contributed by atoms with Crippen LogP contribution >= 0.6 is 11.8 Å². The molecule has 0 saturated heterocycles. The Morgan fingerprint density at radius 1 is 1.19 bits per heavy atom. The fourth-order valence-corrected chi connectivity index (χ4v) is 1.79. The average molecular weight is 233 g/mol. The zero-order valence-corrected chi connectivity index (χ0v) is 9.61. The molecule has 2 aromatic rings. The van der Waals surface area contributed by atoms with Gasteiger partial charge >= 0.3 is 0 Å². The lowest BCUT2D eigenvalue weighted by atomic mass is 10.6. The maximum Gasteiger partial charge on any atom is 0.223 e. The van der Waals surface area contributed by atoms with Gasteiger partial charge < -0.3 is 5.32 Å². The van der Waals surface area contributed by atoms with Gasteiger partial charge in [-0.25, -0.2) is 15.0 Å². The van der Waals surface area contributed by atoms with Crippen LogP contribution in [0, 0.1) is 0 Å². The lowest BCUT2D eigenvalue weighted by molar-refractivity contribution is 1.00. The lowest BCUT2D eigenvalue weighted by Gasteiger charge is -2.03. The zero-order valence-electron chi connectivity index (χ0n) is 8.79. The Kier molecular flexibility index (Phi) is 3.66. The van der Waals surface area contributed by atoms with Crippen molar-refractivity contribution in [1.29, 1.82) is 0 Å². The second-order valence-electron chi connectivity index (χ2n) is 2.89. The summed E-state index contributed by atoms with van der Waals surface area (Å²) in [6.45, 7) is 2.81.